The molecule has 96 valence electrons. The maximum absolute atomic E-state index is 5.24. The maximum atomic E-state index is 5.24. The molecule has 0 N–H and O–H groups in total. The Kier molecular flexibility index (Phi) is 4.21. The summed E-state index contributed by atoms with van der Waals surface area (Å²) in [6.07, 6.45) is 2.34. The zero-order chi connectivity index (χ0) is 13.0. The second-order valence-corrected chi connectivity index (χ2v) is 4.95. The van der Waals surface area contributed by atoms with Crippen LogP contribution >= 0.6 is 0 Å². The Morgan fingerprint density at radius 3 is 2.44 bits per heavy atom. The molecule has 0 aromatic heterocycles. The van der Waals surface area contributed by atoms with Gasteiger partial charge in [-0.3, -0.25) is 0 Å². The zero-order valence-corrected chi connectivity index (χ0v) is 11.4. The molecular formula is C16H21NO. The first-order valence-corrected chi connectivity index (χ1v) is 6.40. The number of aryl methyl sites for hydroxylation is 1. The minimum Gasteiger partial charge on any atom is -0.497 e. The van der Waals surface area contributed by atoms with Gasteiger partial charge in [0.25, 0.3) is 0 Å². The highest BCUT2D eigenvalue weighted by atomic mass is 16.5. The van der Waals surface area contributed by atoms with Gasteiger partial charge in [0.05, 0.1) is 7.11 Å². The molecular weight excluding hydrogens is 222 g/mol. The minimum atomic E-state index is 0.919. The molecule has 0 saturated heterocycles. The first-order chi connectivity index (χ1) is 8.69. The summed E-state index contributed by atoms with van der Waals surface area (Å²) in [5.74, 6) is 0.919. The highest BCUT2D eigenvalue weighted by molar-refractivity contribution is 5.84. The number of nitrogens with zero attached hydrogens (tertiary/aromatic N) is 1. The molecule has 0 amide bonds. The molecule has 0 aliphatic heterocycles. The van der Waals surface area contributed by atoms with Crippen LogP contribution in [-0.4, -0.2) is 32.6 Å². The Morgan fingerprint density at radius 1 is 1.00 bits per heavy atom. The first-order valence-electron chi connectivity index (χ1n) is 6.40. The van der Waals surface area contributed by atoms with Crippen molar-refractivity contribution in [3.05, 3.63) is 42.0 Å². The number of fused-ring (bicyclic) bond motifs is 1. The zero-order valence-electron chi connectivity index (χ0n) is 11.4. The summed E-state index contributed by atoms with van der Waals surface area (Å²) in [6.45, 7) is 1.14. The number of ether oxygens (including phenoxy) is 1. The van der Waals surface area contributed by atoms with Crippen molar-refractivity contribution in [3.8, 4) is 5.75 Å². The lowest BCUT2D eigenvalue weighted by molar-refractivity contribution is 0.400. The van der Waals surface area contributed by atoms with Crippen molar-refractivity contribution in [2.24, 2.45) is 0 Å². The summed E-state index contributed by atoms with van der Waals surface area (Å²) < 4.78 is 5.24. The van der Waals surface area contributed by atoms with Gasteiger partial charge in [-0.05, 0) is 62.0 Å². The molecule has 0 radical (unpaired) electrons. The molecule has 0 saturated carbocycles. The number of hydrogen-bond acceptors (Lipinski definition) is 2. The molecule has 0 unspecified atom stereocenters. The van der Waals surface area contributed by atoms with Crippen LogP contribution in [-0.2, 0) is 6.42 Å². The van der Waals surface area contributed by atoms with Gasteiger partial charge >= 0.3 is 0 Å². The van der Waals surface area contributed by atoms with Crippen molar-refractivity contribution < 1.29 is 4.74 Å². The quantitative estimate of drug-likeness (QED) is 0.798. The Labute approximate surface area is 109 Å². The average Bonchev–Trinajstić information content (AvgIpc) is 2.37. The summed E-state index contributed by atoms with van der Waals surface area (Å²) in [6, 6.07) is 12.9. The van der Waals surface area contributed by atoms with Gasteiger partial charge in [-0.2, -0.15) is 0 Å². The summed E-state index contributed by atoms with van der Waals surface area (Å²) in [4.78, 5) is 2.23. The van der Waals surface area contributed by atoms with Crippen LogP contribution < -0.4 is 4.74 Å². The fourth-order valence-corrected chi connectivity index (χ4v) is 2.16. The van der Waals surface area contributed by atoms with E-state index in [9.17, 15) is 0 Å². The van der Waals surface area contributed by atoms with Crippen LogP contribution in [0.2, 0.25) is 0 Å². The maximum Gasteiger partial charge on any atom is 0.119 e. The molecule has 0 spiro atoms. The second-order valence-electron chi connectivity index (χ2n) is 4.95. The molecule has 2 rings (SSSR count). The molecule has 0 bridgehead atoms. The van der Waals surface area contributed by atoms with E-state index in [0.29, 0.717) is 0 Å². The third-order valence-corrected chi connectivity index (χ3v) is 3.18. The standard InChI is InChI=1S/C16H21NO/c1-17(2)10-4-5-13-6-7-15-12-16(18-3)9-8-14(15)11-13/h6-9,11-12H,4-5,10H2,1-3H3. The van der Waals surface area contributed by atoms with Gasteiger partial charge in [-0.15, -0.1) is 0 Å². The largest absolute Gasteiger partial charge is 0.497 e. The smallest absolute Gasteiger partial charge is 0.119 e. The van der Waals surface area contributed by atoms with E-state index in [1.54, 1.807) is 7.11 Å². The summed E-state index contributed by atoms with van der Waals surface area (Å²) in [5.41, 5.74) is 1.41. The van der Waals surface area contributed by atoms with E-state index in [1.165, 1.54) is 22.8 Å². The normalized spacial score (nSPS) is 11.1. The lowest BCUT2D eigenvalue weighted by atomic mass is 10.0. The van der Waals surface area contributed by atoms with Gasteiger partial charge in [0, 0.05) is 0 Å². The van der Waals surface area contributed by atoms with Crippen LogP contribution in [0.15, 0.2) is 36.4 Å². The van der Waals surface area contributed by atoms with Crippen molar-refractivity contribution in [1.82, 2.24) is 4.90 Å². The van der Waals surface area contributed by atoms with Crippen LogP contribution in [0.4, 0.5) is 0 Å². The molecule has 0 atom stereocenters. The monoisotopic (exact) mass is 243 g/mol. The third kappa shape index (κ3) is 3.23. The molecule has 2 aromatic rings. The predicted molar refractivity (Wildman–Crippen MR) is 77.4 cm³/mol. The molecule has 0 aliphatic carbocycles. The van der Waals surface area contributed by atoms with Crippen molar-refractivity contribution in [3.63, 3.8) is 0 Å². The number of benzene rings is 2. The SMILES string of the molecule is COc1ccc2cc(CCCN(C)C)ccc2c1. The Morgan fingerprint density at radius 2 is 1.72 bits per heavy atom. The van der Waals surface area contributed by atoms with Crippen molar-refractivity contribution >= 4 is 10.8 Å². The summed E-state index contributed by atoms with van der Waals surface area (Å²) >= 11 is 0. The van der Waals surface area contributed by atoms with E-state index in [-0.39, 0.29) is 0 Å². The molecule has 2 aromatic carbocycles. The van der Waals surface area contributed by atoms with Crippen LogP contribution in [0.5, 0.6) is 5.75 Å². The van der Waals surface area contributed by atoms with E-state index in [0.717, 1.165) is 18.7 Å². The molecule has 18 heavy (non-hydrogen) atoms. The molecule has 0 heterocycles. The van der Waals surface area contributed by atoms with E-state index >= 15 is 0 Å². The van der Waals surface area contributed by atoms with Crippen molar-refractivity contribution in [2.75, 3.05) is 27.7 Å². The number of rotatable bonds is 5. The van der Waals surface area contributed by atoms with E-state index in [2.05, 4.69) is 49.3 Å². The highest BCUT2D eigenvalue weighted by Crippen LogP contribution is 2.22. The third-order valence-electron chi connectivity index (χ3n) is 3.18. The average molecular weight is 243 g/mol. The fourth-order valence-electron chi connectivity index (χ4n) is 2.16. The van der Waals surface area contributed by atoms with Crippen LogP contribution in [0.3, 0.4) is 0 Å². The van der Waals surface area contributed by atoms with Crippen LogP contribution in [0.1, 0.15) is 12.0 Å². The van der Waals surface area contributed by atoms with Gasteiger partial charge in [0.1, 0.15) is 5.75 Å². The van der Waals surface area contributed by atoms with Crippen molar-refractivity contribution in [1.29, 1.82) is 0 Å². The van der Waals surface area contributed by atoms with Gasteiger partial charge in [-0.25, -0.2) is 0 Å². The number of hydrogen-bond donors (Lipinski definition) is 0. The molecule has 0 fully saturated rings. The lowest BCUT2D eigenvalue weighted by Crippen LogP contribution is -2.13. The molecule has 0 aliphatic rings. The first kappa shape index (κ1) is 12.9. The van der Waals surface area contributed by atoms with Crippen LogP contribution in [0, 0.1) is 0 Å². The number of methoxy groups -OCH3 is 1. The van der Waals surface area contributed by atoms with Crippen LogP contribution in [0.25, 0.3) is 10.8 Å². The Balaban J connectivity index is 2.12. The fraction of sp³-hybridized carbons (Fsp3) is 0.375. The van der Waals surface area contributed by atoms with E-state index in [1.807, 2.05) is 6.07 Å². The topological polar surface area (TPSA) is 12.5 Å². The van der Waals surface area contributed by atoms with E-state index in [4.69, 9.17) is 4.74 Å². The summed E-state index contributed by atoms with van der Waals surface area (Å²) in [7, 11) is 5.94. The van der Waals surface area contributed by atoms with Crippen molar-refractivity contribution in [2.45, 2.75) is 12.8 Å². The Hall–Kier alpha value is -1.54. The highest BCUT2D eigenvalue weighted by Gasteiger charge is 1.99. The molecule has 2 heteroatoms. The predicted octanol–water partition coefficient (Wildman–Crippen LogP) is 3.34. The van der Waals surface area contributed by atoms with Gasteiger partial charge < -0.3 is 9.64 Å². The Bertz CT molecular complexity index is 519. The second kappa shape index (κ2) is 5.87. The summed E-state index contributed by atoms with van der Waals surface area (Å²) in [5, 5.41) is 2.53. The van der Waals surface area contributed by atoms with Gasteiger partial charge in [-0.1, -0.05) is 24.3 Å². The van der Waals surface area contributed by atoms with E-state index < -0.39 is 0 Å². The van der Waals surface area contributed by atoms with Gasteiger partial charge in [0.2, 0.25) is 0 Å². The van der Waals surface area contributed by atoms with Gasteiger partial charge in [0.15, 0.2) is 0 Å². The minimum absolute atomic E-state index is 0.919. The lowest BCUT2D eigenvalue weighted by Gasteiger charge is -2.09. The molecule has 2 nitrogen and oxygen atoms in total.